The molecule has 0 saturated heterocycles. The predicted molar refractivity (Wildman–Crippen MR) is 39.4 cm³/mol. The van der Waals surface area contributed by atoms with E-state index in [0.717, 1.165) is 0 Å². The van der Waals surface area contributed by atoms with E-state index >= 15 is 0 Å². The summed E-state index contributed by atoms with van der Waals surface area (Å²) in [6.45, 7) is 1.66. The van der Waals surface area contributed by atoms with E-state index in [1.165, 1.54) is 7.11 Å². The van der Waals surface area contributed by atoms with E-state index in [9.17, 15) is 4.79 Å². The average Bonchev–Trinajstić information content (AvgIpc) is 2.45. The Kier molecular flexibility index (Phi) is 2.10. The molecule has 1 aromatic rings. The summed E-state index contributed by atoms with van der Waals surface area (Å²) in [5.74, 6) is -0.601. The number of esters is 1. The summed E-state index contributed by atoms with van der Waals surface area (Å²) >= 11 is 0. The molecule has 0 fully saturated rings. The van der Waals surface area contributed by atoms with Crippen molar-refractivity contribution in [1.29, 1.82) is 5.26 Å². The second-order valence-electron chi connectivity index (χ2n) is 2.18. The smallest absolute Gasteiger partial charge is 0.359 e. The Bertz CT molecular complexity index is 348. The second-order valence-corrected chi connectivity index (χ2v) is 2.18. The monoisotopic (exact) mass is 165 g/mol. The van der Waals surface area contributed by atoms with Crippen LogP contribution in [0.4, 0.5) is 0 Å². The summed E-state index contributed by atoms with van der Waals surface area (Å²) < 4.78 is 4.42. The molecule has 0 aliphatic rings. The van der Waals surface area contributed by atoms with Gasteiger partial charge in [0.25, 0.3) is 0 Å². The molecule has 0 bridgehead atoms. The van der Waals surface area contributed by atoms with Gasteiger partial charge in [-0.1, -0.05) is 0 Å². The molecule has 0 radical (unpaired) electrons. The molecular weight excluding hydrogens is 158 g/mol. The van der Waals surface area contributed by atoms with Crippen molar-refractivity contribution in [3.05, 3.63) is 17.0 Å². The summed E-state index contributed by atoms with van der Waals surface area (Å²) in [6.07, 6.45) is 0. The number of nitriles is 1. The number of H-pyrrole nitrogens is 1. The maximum Gasteiger partial charge on any atom is 0.359 e. The molecule has 1 aromatic heterocycles. The van der Waals surface area contributed by atoms with E-state index in [0.29, 0.717) is 5.69 Å². The van der Waals surface area contributed by atoms with Gasteiger partial charge in [0, 0.05) is 0 Å². The molecule has 1 N–H and O–H groups in total. The van der Waals surface area contributed by atoms with Crippen molar-refractivity contribution in [1.82, 2.24) is 10.2 Å². The van der Waals surface area contributed by atoms with E-state index in [4.69, 9.17) is 5.26 Å². The van der Waals surface area contributed by atoms with Crippen LogP contribution in [0.25, 0.3) is 0 Å². The Balaban J connectivity index is 3.18. The molecular formula is C7H7N3O2. The number of nitrogens with zero attached hydrogens (tertiary/aromatic N) is 2. The van der Waals surface area contributed by atoms with Crippen molar-refractivity contribution < 1.29 is 9.53 Å². The van der Waals surface area contributed by atoms with Gasteiger partial charge in [0.2, 0.25) is 0 Å². The summed E-state index contributed by atoms with van der Waals surface area (Å²) in [7, 11) is 1.24. The molecule has 0 aliphatic heterocycles. The number of rotatable bonds is 1. The first kappa shape index (κ1) is 8.27. The first-order chi connectivity index (χ1) is 5.70. The van der Waals surface area contributed by atoms with E-state index in [2.05, 4.69) is 14.9 Å². The lowest BCUT2D eigenvalue weighted by Gasteiger charge is -1.92. The number of carbonyl (C=O) groups is 1. The number of ether oxygens (including phenoxy) is 1. The zero-order valence-electron chi connectivity index (χ0n) is 6.71. The van der Waals surface area contributed by atoms with Gasteiger partial charge in [0.1, 0.15) is 11.6 Å². The van der Waals surface area contributed by atoms with Crippen molar-refractivity contribution in [3.63, 3.8) is 0 Å². The minimum absolute atomic E-state index is 0.0394. The van der Waals surface area contributed by atoms with E-state index < -0.39 is 5.97 Å². The maximum atomic E-state index is 11.0. The van der Waals surface area contributed by atoms with Gasteiger partial charge in [0.15, 0.2) is 5.69 Å². The highest BCUT2D eigenvalue weighted by Crippen LogP contribution is 2.09. The van der Waals surface area contributed by atoms with Gasteiger partial charge in [-0.3, -0.25) is 5.10 Å². The van der Waals surface area contributed by atoms with Crippen LogP contribution in [0.1, 0.15) is 21.7 Å². The van der Waals surface area contributed by atoms with E-state index in [1.54, 1.807) is 6.92 Å². The lowest BCUT2D eigenvalue weighted by Crippen LogP contribution is -2.03. The molecule has 5 heteroatoms. The summed E-state index contributed by atoms with van der Waals surface area (Å²) in [6, 6.07) is 1.86. The minimum atomic E-state index is -0.601. The number of aromatic amines is 1. The van der Waals surface area contributed by atoms with Crippen molar-refractivity contribution in [3.8, 4) is 6.07 Å². The van der Waals surface area contributed by atoms with Gasteiger partial charge in [-0.15, -0.1) is 0 Å². The molecule has 0 unspecified atom stereocenters. The number of aryl methyl sites for hydroxylation is 1. The molecule has 62 valence electrons. The molecule has 0 aromatic carbocycles. The lowest BCUT2D eigenvalue weighted by atomic mass is 10.2. The summed E-state index contributed by atoms with van der Waals surface area (Å²) in [5.41, 5.74) is 0.845. The highest BCUT2D eigenvalue weighted by Gasteiger charge is 2.17. The number of hydrogen-bond acceptors (Lipinski definition) is 4. The van der Waals surface area contributed by atoms with Crippen molar-refractivity contribution in [2.75, 3.05) is 7.11 Å². The Morgan fingerprint density at radius 1 is 1.75 bits per heavy atom. The molecule has 0 amide bonds. The van der Waals surface area contributed by atoms with Crippen molar-refractivity contribution in [2.45, 2.75) is 6.92 Å². The van der Waals surface area contributed by atoms with Crippen LogP contribution in [0.2, 0.25) is 0 Å². The largest absolute Gasteiger partial charge is 0.464 e. The lowest BCUT2D eigenvalue weighted by molar-refractivity contribution is 0.0593. The Hall–Kier alpha value is -1.83. The van der Waals surface area contributed by atoms with Gasteiger partial charge < -0.3 is 4.74 Å². The van der Waals surface area contributed by atoms with Gasteiger partial charge in [-0.05, 0) is 6.92 Å². The molecule has 5 nitrogen and oxygen atoms in total. The van der Waals surface area contributed by atoms with Crippen LogP contribution in [0.15, 0.2) is 0 Å². The van der Waals surface area contributed by atoms with Crippen LogP contribution in [0.5, 0.6) is 0 Å². The third-order valence-electron chi connectivity index (χ3n) is 1.44. The fourth-order valence-corrected chi connectivity index (χ4v) is 0.810. The Morgan fingerprint density at radius 2 is 2.42 bits per heavy atom. The van der Waals surface area contributed by atoms with Crippen LogP contribution in [-0.4, -0.2) is 23.3 Å². The first-order valence-electron chi connectivity index (χ1n) is 3.24. The van der Waals surface area contributed by atoms with Gasteiger partial charge in [-0.2, -0.15) is 10.4 Å². The fourth-order valence-electron chi connectivity index (χ4n) is 0.810. The molecule has 0 saturated carbocycles. The van der Waals surface area contributed by atoms with Gasteiger partial charge in [0.05, 0.1) is 12.8 Å². The topological polar surface area (TPSA) is 78.8 Å². The van der Waals surface area contributed by atoms with Gasteiger partial charge >= 0.3 is 5.97 Å². The standard InChI is InChI=1S/C7H7N3O2/c1-4-5(3-8)6(10-9-4)7(11)12-2/h1-2H3,(H,9,10). The molecule has 0 atom stereocenters. The Morgan fingerprint density at radius 3 is 2.92 bits per heavy atom. The highest BCUT2D eigenvalue weighted by atomic mass is 16.5. The second kappa shape index (κ2) is 3.05. The zero-order chi connectivity index (χ0) is 9.14. The maximum absolute atomic E-state index is 11.0. The van der Waals surface area contributed by atoms with Crippen LogP contribution in [-0.2, 0) is 4.74 Å². The minimum Gasteiger partial charge on any atom is -0.464 e. The number of aromatic nitrogens is 2. The zero-order valence-corrected chi connectivity index (χ0v) is 6.71. The van der Waals surface area contributed by atoms with Gasteiger partial charge in [-0.25, -0.2) is 4.79 Å². The predicted octanol–water partition coefficient (Wildman–Crippen LogP) is 0.376. The van der Waals surface area contributed by atoms with Crippen molar-refractivity contribution in [2.24, 2.45) is 0 Å². The number of methoxy groups -OCH3 is 1. The van der Waals surface area contributed by atoms with Crippen molar-refractivity contribution >= 4 is 5.97 Å². The Labute approximate surface area is 69.0 Å². The average molecular weight is 165 g/mol. The normalized spacial score (nSPS) is 9.08. The van der Waals surface area contributed by atoms with Crippen LogP contribution >= 0.6 is 0 Å². The molecule has 1 rings (SSSR count). The van der Waals surface area contributed by atoms with E-state index in [1.807, 2.05) is 6.07 Å². The third-order valence-corrected chi connectivity index (χ3v) is 1.44. The molecule has 0 spiro atoms. The summed E-state index contributed by atoms with van der Waals surface area (Å²) in [5, 5.41) is 14.8. The quantitative estimate of drug-likeness (QED) is 0.610. The molecule has 0 aliphatic carbocycles. The van der Waals surface area contributed by atoms with Crippen LogP contribution in [0.3, 0.4) is 0 Å². The molecule has 1 heterocycles. The third kappa shape index (κ3) is 1.14. The van der Waals surface area contributed by atoms with Crippen LogP contribution in [0, 0.1) is 18.3 Å². The molecule has 12 heavy (non-hydrogen) atoms. The SMILES string of the molecule is COC(=O)c1n[nH]c(C)c1C#N. The first-order valence-corrected chi connectivity index (χ1v) is 3.24. The van der Waals surface area contributed by atoms with Crippen LogP contribution < -0.4 is 0 Å². The number of hydrogen-bond donors (Lipinski definition) is 1. The fraction of sp³-hybridized carbons (Fsp3) is 0.286. The number of nitrogens with one attached hydrogen (secondary N) is 1. The number of carbonyl (C=O) groups excluding carboxylic acids is 1. The van der Waals surface area contributed by atoms with E-state index in [-0.39, 0.29) is 11.3 Å². The highest BCUT2D eigenvalue weighted by molar-refractivity contribution is 5.90. The summed E-state index contributed by atoms with van der Waals surface area (Å²) in [4.78, 5) is 11.0.